The second kappa shape index (κ2) is 6.43. The lowest BCUT2D eigenvalue weighted by Gasteiger charge is -2.22. The number of halogens is 4. The zero-order valence-corrected chi connectivity index (χ0v) is 11.1. The lowest BCUT2D eigenvalue weighted by atomic mass is 10.0. The molecule has 7 heteroatoms. The van der Waals surface area contributed by atoms with Crippen molar-refractivity contribution in [2.75, 3.05) is 13.2 Å². The van der Waals surface area contributed by atoms with Crippen LogP contribution in [0.5, 0.6) is 0 Å². The molecule has 1 aromatic rings. The van der Waals surface area contributed by atoms with Crippen molar-refractivity contribution in [1.29, 1.82) is 0 Å². The summed E-state index contributed by atoms with van der Waals surface area (Å²) in [6, 6.07) is 3.42. The third-order valence-corrected chi connectivity index (χ3v) is 3.32. The van der Waals surface area contributed by atoms with Crippen LogP contribution in [0.2, 0.25) is 0 Å². The number of ether oxygens (including phenoxy) is 1. The molecule has 0 aliphatic carbocycles. The van der Waals surface area contributed by atoms with Gasteiger partial charge in [0.05, 0.1) is 25.0 Å². The molecule has 3 nitrogen and oxygen atoms in total. The molecule has 0 unspecified atom stereocenters. The zero-order valence-electron chi connectivity index (χ0n) is 11.1. The molecule has 2 atom stereocenters. The molecule has 0 saturated carbocycles. The van der Waals surface area contributed by atoms with Gasteiger partial charge in [-0.05, 0) is 24.1 Å². The lowest BCUT2D eigenvalue weighted by molar-refractivity contribution is -0.143. The van der Waals surface area contributed by atoms with Gasteiger partial charge in [0.15, 0.2) is 0 Å². The minimum absolute atomic E-state index is 0.216. The van der Waals surface area contributed by atoms with Gasteiger partial charge in [0.1, 0.15) is 5.82 Å². The van der Waals surface area contributed by atoms with Gasteiger partial charge in [-0.15, -0.1) is 0 Å². The molecule has 1 saturated heterocycles. The number of alkyl halides is 3. The Hall–Kier alpha value is -1.63. The van der Waals surface area contributed by atoms with Crippen LogP contribution in [0, 0.1) is 11.7 Å². The van der Waals surface area contributed by atoms with E-state index in [-0.39, 0.29) is 12.2 Å². The van der Waals surface area contributed by atoms with E-state index in [1.807, 2.05) is 0 Å². The average Bonchev–Trinajstić information content (AvgIpc) is 2.91. The smallest absolute Gasteiger partial charge is 0.381 e. The zero-order chi connectivity index (χ0) is 15.5. The fourth-order valence-electron chi connectivity index (χ4n) is 2.21. The molecule has 1 heterocycles. The molecule has 0 aromatic heterocycles. The Morgan fingerprint density at radius 2 is 2.00 bits per heavy atom. The summed E-state index contributed by atoms with van der Waals surface area (Å²) in [6.07, 6.45) is -5.13. The Bertz CT molecular complexity index is 481. The molecular weight excluding hydrogens is 290 g/mol. The number of carbonyl (C=O) groups excluding carboxylic acids is 1. The number of carbonyl (C=O) groups is 1. The van der Waals surface area contributed by atoms with Crippen molar-refractivity contribution in [3.8, 4) is 0 Å². The molecule has 1 fully saturated rings. The van der Waals surface area contributed by atoms with Gasteiger partial charge in [-0.3, -0.25) is 4.79 Å². The predicted octanol–water partition coefficient (Wildman–Crippen LogP) is 2.97. The van der Waals surface area contributed by atoms with Crippen molar-refractivity contribution >= 4 is 5.91 Å². The summed E-state index contributed by atoms with van der Waals surface area (Å²) in [5.74, 6) is -1.44. The highest BCUT2D eigenvalue weighted by molar-refractivity contribution is 5.79. The van der Waals surface area contributed by atoms with E-state index >= 15 is 0 Å². The Labute approximate surface area is 119 Å². The molecule has 1 aliphatic heterocycles. The topological polar surface area (TPSA) is 38.3 Å². The Morgan fingerprint density at radius 3 is 2.52 bits per heavy atom. The largest absolute Gasteiger partial charge is 0.391 e. The van der Waals surface area contributed by atoms with Crippen LogP contribution in [0.25, 0.3) is 0 Å². The van der Waals surface area contributed by atoms with Crippen molar-refractivity contribution in [3.63, 3.8) is 0 Å². The highest BCUT2D eigenvalue weighted by atomic mass is 19.4. The minimum atomic E-state index is -4.43. The molecule has 1 aliphatic rings. The summed E-state index contributed by atoms with van der Waals surface area (Å²) < 4.78 is 55.9. The maximum atomic E-state index is 12.9. The van der Waals surface area contributed by atoms with Gasteiger partial charge < -0.3 is 10.1 Å². The summed E-state index contributed by atoms with van der Waals surface area (Å²) in [5, 5.41) is 2.39. The summed E-state index contributed by atoms with van der Waals surface area (Å²) in [5.41, 5.74) is 0.223. The van der Waals surface area contributed by atoms with Crippen molar-refractivity contribution < 1.29 is 27.1 Å². The van der Waals surface area contributed by atoms with E-state index in [0.717, 1.165) is 12.1 Å². The number of rotatable bonds is 4. The predicted molar refractivity (Wildman–Crippen MR) is 66.9 cm³/mol. The molecule has 0 radical (unpaired) electrons. The van der Waals surface area contributed by atoms with Crippen LogP contribution < -0.4 is 5.32 Å². The van der Waals surface area contributed by atoms with Gasteiger partial charge >= 0.3 is 6.18 Å². The number of benzene rings is 1. The SMILES string of the molecule is O=C(N[C@@H](CC(F)(F)F)c1ccc(F)cc1)[C@H]1CCOC1. The monoisotopic (exact) mass is 305 g/mol. The van der Waals surface area contributed by atoms with E-state index in [4.69, 9.17) is 4.74 Å². The number of amides is 1. The third kappa shape index (κ3) is 4.70. The molecule has 0 bridgehead atoms. The van der Waals surface area contributed by atoms with Crippen molar-refractivity contribution in [2.24, 2.45) is 5.92 Å². The second-order valence-corrected chi connectivity index (χ2v) is 4.99. The van der Waals surface area contributed by atoms with Crippen LogP contribution in [0.15, 0.2) is 24.3 Å². The van der Waals surface area contributed by atoms with Crippen LogP contribution in [0.1, 0.15) is 24.4 Å². The van der Waals surface area contributed by atoms with E-state index in [0.29, 0.717) is 13.0 Å². The van der Waals surface area contributed by atoms with Crippen molar-refractivity contribution in [3.05, 3.63) is 35.6 Å². The fourth-order valence-corrected chi connectivity index (χ4v) is 2.21. The van der Waals surface area contributed by atoms with Gasteiger partial charge in [-0.25, -0.2) is 4.39 Å². The molecular formula is C14H15F4NO2. The second-order valence-electron chi connectivity index (χ2n) is 4.99. The standard InChI is InChI=1S/C14H15F4NO2/c15-11-3-1-9(2-4-11)12(7-14(16,17)18)19-13(20)10-5-6-21-8-10/h1-4,10,12H,5-8H2,(H,19,20)/t10-,12-/m0/s1. The number of hydrogen-bond donors (Lipinski definition) is 1. The first-order chi connectivity index (χ1) is 9.85. The lowest BCUT2D eigenvalue weighted by Crippen LogP contribution is -2.36. The molecule has 1 aromatic carbocycles. The molecule has 2 rings (SSSR count). The van der Waals surface area contributed by atoms with Gasteiger partial charge in [0, 0.05) is 6.61 Å². The van der Waals surface area contributed by atoms with Crippen LogP contribution in [0.3, 0.4) is 0 Å². The Morgan fingerprint density at radius 1 is 1.33 bits per heavy atom. The van der Waals surface area contributed by atoms with E-state index in [9.17, 15) is 22.4 Å². The normalized spacial score (nSPS) is 20.3. The fraction of sp³-hybridized carbons (Fsp3) is 0.500. The molecule has 1 N–H and O–H groups in total. The van der Waals surface area contributed by atoms with Crippen LogP contribution in [-0.2, 0) is 9.53 Å². The van der Waals surface area contributed by atoms with E-state index in [2.05, 4.69) is 5.32 Å². The highest BCUT2D eigenvalue weighted by Crippen LogP contribution is 2.30. The highest BCUT2D eigenvalue weighted by Gasteiger charge is 2.35. The van der Waals surface area contributed by atoms with E-state index in [1.54, 1.807) is 0 Å². The first-order valence-electron chi connectivity index (χ1n) is 6.55. The van der Waals surface area contributed by atoms with Crippen LogP contribution >= 0.6 is 0 Å². The summed E-state index contributed by atoms with van der Waals surface area (Å²) in [7, 11) is 0. The Kier molecular flexibility index (Phi) is 4.82. The van der Waals surface area contributed by atoms with E-state index < -0.39 is 36.3 Å². The number of nitrogens with one attached hydrogen (secondary N) is 1. The molecule has 21 heavy (non-hydrogen) atoms. The van der Waals surface area contributed by atoms with Crippen molar-refractivity contribution in [1.82, 2.24) is 5.32 Å². The van der Waals surface area contributed by atoms with Gasteiger partial charge in [0.2, 0.25) is 5.91 Å². The maximum absolute atomic E-state index is 12.9. The maximum Gasteiger partial charge on any atom is 0.391 e. The first kappa shape index (κ1) is 15.8. The van der Waals surface area contributed by atoms with E-state index in [1.165, 1.54) is 12.1 Å². The molecule has 116 valence electrons. The summed E-state index contributed by atoms with van der Waals surface area (Å²) in [4.78, 5) is 11.9. The summed E-state index contributed by atoms with van der Waals surface area (Å²) >= 11 is 0. The van der Waals surface area contributed by atoms with Gasteiger partial charge in [-0.2, -0.15) is 13.2 Å². The molecule has 1 amide bonds. The third-order valence-electron chi connectivity index (χ3n) is 3.32. The number of hydrogen-bond acceptors (Lipinski definition) is 2. The Balaban J connectivity index is 2.11. The van der Waals surface area contributed by atoms with Crippen LogP contribution in [0.4, 0.5) is 17.6 Å². The minimum Gasteiger partial charge on any atom is -0.381 e. The van der Waals surface area contributed by atoms with Crippen LogP contribution in [-0.4, -0.2) is 25.3 Å². The summed E-state index contributed by atoms with van der Waals surface area (Å²) in [6.45, 7) is 0.645. The average molecular weight is 305 g/mol. The van der Waals surface area contributed by atoms with Gasteiger partial charge in [0.25, 0.3) is 0 Å². The quantitative estimate of drug-likeness (QED) is 0.869. The first-order valence-corrected chi connectivity index (χ1v) is 6.55. The molecule has 0 spiro atoms. The van der Waals surface area contributed by atoms with Gasteiger partial charge in [-0.1, -0.05) is 12.1 Å². The van der Waals surface area contributed by atoms with Crippen molar-refractivity contribution in [2.45, 2.75) is 25.1 Å².